The molecule has 0 aliphatic heterocycles. The van der Waals surface area contributed by atoms with Crippen LogP contribution >= 0.6 is 11.3 Å². The smallest absolute Gasteiger partial charge is 0.263 e. The van der Waals surface area contributed by atoms with Gasteiger partial charge in [-0.3, -0.25) is 9.89 Å². The van der Waals surface area contributed by atoms with Gasteiger partial charge in [-0.2, -0.15) is 5.10 Å². The Morgan fingerprint density at radius 3 is 2.74 bits per heavy atom. The summed E-state index contributed by atoms with van der Waals surface area (Å²) in [4.78, 5) is 21.8. The fourth-order valence-electron chi connectivity index (χ4n) is 2.66. The molecule has 1 saturated carbocycles. The Balaban J connectivity index is 1.59. The van der Waals surface area contributed by atoms with Crippen molar-refractivity contribution in [2.75, 3.05) is 0 Å². The van der Waals surface area contributed by atoms with Gasteiger partial charge in [0.15, 0.2) is 10.8 Å². The van der Waals surface area contributed by atoms with E-state index in [4.69, 9.17) is 0 Å². The third kappa shape index (κ3) is 2.53. The molecule has 0 unspecified atom stereocenters. The Morgan fingerprint density at radius 1 is 1.30 bits per heavy atom. The summed E-state index contributed by atoms with van der Waals surface area (Å²) in [6.45, 7) is 1.84. The molecule has 0 spiro atoms. The highest BCUT2D eigenvalue weighted by atomic mass is 32.1. The zero-order valence-corrected chi connectivity index (χ0v) is 13.4. The normalized spacial score (nSPS) is 15.3. The van der Waals surface area contributed by atoms with Crippen molar-refractivity contribution in [3.05, 3.63) is 52.8 Å². The van der Waals surface area contributed by atoms with Gasteiger partial charge in [0.2, 0.25) is 0 Å². The maximum absolute atomic E-state index is 12.7. The lowest BCUT2D eigenvalue weighted by molar-refractivity contribution is 0.0934. The summed E-state index contributed by atoms with van der Waals surface area (Å²) in [6, 6.07) is 10.1. The molecule has 3 aromatic rings. The first-order valence-corrected chi connectivity index (χ1v) is 8.21. The molecule has 1 aromatic carbocycles. The van der Waals surface area contributed by atoms with Crippen molar-refractivity contribution in [1.29, 1.82) is 0 Å². The lowest BCUT2D eigenvalue weighted by Crippen LogP contribution is -2.34. The number of hydrogen-bond acceptors (Lipinski definition) is 5. The van der Waals surface area contributed by atoms with E-state index < -0.39 is 0 Å². The Hall–Kier alpha value is -2.54. The molecule has 1 aliphatic rings. The summed E-state index contributed by atoms with van der Waals surface area (Å²) in [7, 11) is 0. The number of aryl methyl sites for hydroxylation is 1. The van der Waals surface area contributed by atoms with Gasteiger partial charge in [0.05, 0.1) is 11.2 Å². The number of aromatic amines is 1. The maximum Gasteiger partial charge on any atom is 0.263 e. The minimum Gasteiger partial charge on any atom is -0.342 e. The number of benzene rings is 1. The first-order valence-electron chi connectivity index (χ1n) is 7.39. The molecule has 2 N–H and O–H groups in total. The summed E-state index contributed by atoms with van der Waals surface area (Å²) in [5.74, 6) is 0.508. The van der Waals surface area contributed by atoms with Crippen molar-refractivity contribution in [3.8, 4) is 10.8 Å². The van der Waals surface area contributed by atoms with Gasteiger partial charge in [0.1, 0.15) is 11.2 Å². The third-order valence-electron chi connectivity index (χ3n) is 4.05. The largest absolute Gasteiger partial charge is 0.342 e. The molecule has 0 radical (unpaired) electrons. The van der Waals surface area contributed by atoms with E-state index >= 15 is 0 Å². The van der Waals surface area contributed by atoms with Crippen LogP contribution in [0.4, 0.5) is 0 Å². The van der Waals surface area contributed by atoms with Gasteiger partial charge in [0.25, 0.3) is 5.91 Å². The Bertz CT molecular complexity index is 837. The first kappa shape index (κ1) is 14.1. The van der Waals surface area contributed by atoms with Crippen molar-refractivity contribution >= 4 is 17.2 Å². The zero-order valence-electron chi connectivity index (χ0n) is 12.5. The second-order valence-corrected chi connectivity index (χ2v) is 6.67. The number of nitrogens with zero attached hydrogens (tertiary/aromatic N) is 3. The Morgan fingerprint density at radius 2 is 2.09 bits per heavy atom. The van der Waals surface area contributed by atoms with E-state index in [-0.39, 0.29) is 11.4 Å². The van der Waals surface area contributed by atoms with Gasteiger partial charge in [-0.25, -0.2) is 9.97 Å². The minimum atomic E-state index is -0.221. The highest BCUT2D eigenvalue weighted by Crippen LogP contribution is 2.45. The molecule has 0 atom stereocenters. The van der Waals surface area contributed by atoms with Crippen molar-refractivity contribution in [2.45, 2.75) is 25.3 Å². The summed E-state index contributed by atoms with van der Waals surface area (Å²) in [5, 5.41) is 10.5. The molecule has 1 fully saturated rings. The number of hydrogen-bond donors (Lipinski definition) is 2. The quantitative estimate of drug-likeness (QED) is 0.772. The van der Waals surface area contributed by atoms with Crippen LogP contribution < -0.4 is 5.32 Å². The van der Waals surface area contributed by atoms with Gasteiger partial charge in [-0.1, -0.05) is 30.3 Å². The van der Waals surface area contributed by atoms with Crippen LogP contribution in [0, 0.1) is 6.92 Å². The first-order chi connectivity index (χ1) is 11.2. The van der Waals surface area contributed by atoms with E-state index in [1.54, 1.807) is 0 Å². The molecule has 7 heteroatoms. The van der Waals surface area contributed by atoms with Crippen LogP contribution in [0.3, 0.4) is 0 Å². The van der Waals surface area contributed by atoms with E-state index in [2.05, 4.69) is 37.6 Å². The van der Waals surface area contributed by atoms with Crippen molar-refractivity contribution in [1.82, 2.24) is 25.5 Å². The van der Waals surface area contributed by atoms with Crippen LogP contribution in [0.15, 0.2) is 36.7 Å². The number of H-pyrrole nitrogens is 1. The highest BCUT2D eigenvalue weighted by Gasteiger charge is 2.46. The van der Waals surface area contributed by atoms with Gasteiger partial charge < -0.3 is 5.32 Å². The number of aromatic nitrogens is 4. The molecule has 1 amide bonds. The second-order valence-electron chi connectivity index (χ2n) is 5.67. The van der Waals surface area contributed by atoms with Gasteiger partial charge in [0, 0.05) is 0 Å². The van der Waals surface area contributed by atoms with E-state index in [1.165, 1.54) is 17.7 Å². The van der Waals surface area contributed by atoms with Crippen molar-refractivity contribution in [3.63, 3.8) is 0 Å². The number of nitrogens with one attached hydrogen (secondary N) is 2. The minimum absolute atomic E-state index is 0.0767. The van der Waals surface area contributed by atoms with Crippen molar-refractivity contribution in [2.24, 2.45) is 0 Å². The summed E-state index contributed by atoms with van der Waals surface area (Å²) in [5.41, 5.74) is 1.65. The standard InChI is InChI=1S/C16H15N5OS/c1-10-12(23-15(19-10)13-17-9-18-21-13)14(22)20-16(7-8-16)11-5-3-2-4-6-11/h2-6,9H,7-8H2,1H3,(H,20,22)(H,17,18,21). The van der Waals surface area contributed by atoms with Gasteiger partial charge in [-0.05, 0) is 25.3 Å². The van der Waals surface area contributed by atoms with Crippen LogP contribution in [0.5, 0.6) is 0 Å². The average Bonchev–Trinajstić information content (AvgIpc) is 2.99. The lowest BCUT2D eigenvalue weighted by atomic mass is 10.1. The number of carbonyl (C=O) groups is 1. The molecular formula is C16H15N5OS. The predicted molar refractivity (Wildman–Crippen MR) is 87.0 cm³/mol. The van der Waals surface area contributed by atoms with E-state index in [0.29, 0.717) is 21.4 Å². The second kappa shape index (κ2) is 5.27. The monoisotopic (exact) mass is 325 g/mol. The SMILES string of the molecule is Cc1nc(-c2ncn[nH]2)sc1C(=O)NC1(c2ccccc2)CC1. The molecule has 116 valence electrons. The zero-order chi connectivity index (χ0) is 15.9. The summed E-state index contributed by atoms with van der Waals surface area (Å²) in [6.07, 6.45) is 3.37. The van der Waals surface area contributed by atoms with Crippen LogP contribution in [0.25, 0.3) is 10.8 Å². The molecular weight excluding hydrogens is 310 g/mol. The third-order valence-corrected chi connectivity index (χ3v) is 5.21. The van der Waals surface area contributed by atoms with Crippen LogP contribution in [0.2, 0.25) is 0 Å². The van der Waals surface area contributed by atoms with Gasteiger partial charge in [-0.15, -0.1) is 11.3 Å². The van der Waals surface area contributed by atoms with E-state index in [0.717, 1.165) is 18.4 Å². The highest BCUT2D eigenvalue weighted by molar-refractivity contribution is 7.17. The van der Waals surface area contributed by atoms with Gasteiger partial charge >= 0.3 is 0 Å². The molecule has 23 heavy (non-hydrogen) atoms. The fourth-order valence-corrected chi connectivity index (χ4v) is 3.57. The van der Waals surface area contributed by atoms with E-state index in [9.17, 15) is 4.79 Å². The molecule has 6 nitrogen and oxygen atoms in total. The topological polar surface area (TPSA) is 83.6 Å². The molecule has 1 aliphatic carbocycles. The molecule has 0 bridgehead atoms. The summed E-state index contributed by atoms with van der Waals surface area (Å²) >= 11 is 1.33. The molecule has 0 saturated heterocycles. The Kier molecular flexibility index (Phi) is 3.23. The predicted octanol–water partition coefficient (Wildman–Crippen LogP) is 2.66. The van der Waals surface area contributed by atoms with Crippen molar-refractivity contribution < 1.29 is 4.79 Å². The van der Waals surface area contributed by atoms with Crippen LogP contribution in [-0.2, 0) is 5.54 Å². The lowest BCUT2D eigenvalue weighted by Gasteiger charge is -2.17. The van der Waals surface area contributed by atoms with Crippen LogP contribution in [-0.4, -0.2) is 26.1 Å². The number of thiazole rings is 1. The molecule has 2 aromatic heterocycles. The average molecular weight is 325 g/mol. The molecule has 4 rings (SSSR count). The number of rotatable bonds is 4. The fraction of sp³-hybridized carbons (Fsp3) is 0.250. The summed E-state index contributed by atoms with van der Waals surface area (Å²) < 4.78 is 0. The number of amides is 1. The van der Waals surface area contributed by atoms with E-state index in [1.807, 2.05) is 25.1 Å². The molecule has 2 heterocycles. The Labute approximate surface area is 137 Å². The number of carbonyl (C=O) groups excluding carboxylic acids is 1. The van der Waals surface area contributed by atoms with Crippen LogP contribution in [0.1, 0.15) is 33.8 Å². The maximum atomic E-state index is 12.7.